The van der Waals surface area contributed by atoms with Crippen LogP contribution in [0.1, 0.15) is 55.7 Å². The van der Waals surface area contributed by atoms with Gasteiger partial charge in [-0.05, 0) is 61.8 Å². The molecule has 0 aromatic carbocycles. The predicted octanol–water partition coefficient (Wildman–Crippen LogP) is 3.42. The van der Waals surface area contributed by atoms with Gasteiger partial charge in [0.1, 0.15) is 5.65 Å². The predicted molar refractivity (Wildman–Crippen MR) is 92.4 cm³/mol. The number of H-pyrrole nitrogens is 1. The van der Waals surface area contributed by atoms with Gasteiger partial charge in [-0.25, -0.2) is 4.98 Å². The van der Waals surface area contributed by atoms with Crippen molar-refractivity contribution in [3.8, 4) is 0 Å². The summed E-state index contributed by atoms with van der Waals surface area (Å²) in [4.78, 5) is 10.7. The molecule has 1 aliphatic carbocycles. The minimum absolute atomic E-state index is 0.321. The number of hydrogen-bond donors (Lipinski definition) is 2. The van der Waals surface area contributed by atoms with Gasteiger partial charge in [-0.3, -0.25) is 4.90 Å². The van der Waals surface area contributed by atoms with Crippen molar-refractivity contribution in [3.63, 3.8) is 0 Å². The number of nitrogens with one attached hydrogen (secondary N) is 1. The van der Waals surface area contributed by atoms with E-state index in [4.69, 9.17) is 0 Å². The molecule has 1 atom stereocenters. The Balaban J connectivity index is 1.65. The fourth-order valence-corrected chi connectivity index (χ4v) is 4.50. The maximum Gasteiger partial charge on any atom is 0.137 e. The number of nitrogens with zero attached hydrogens (tertiary/aromatic N) is 2. The summed E-state index contributed by atoms with van der Waals surface area (Å²) in [6.45, 7) is 3.48. The highest BCUT2D eigenvalue weighted by atomic mass is 16.3. The van der Waals surface area contributed by atoms with Crippen molar-refractivity contribution in [1.29, 1.82) is 0 Å². The lowest BCUT2D eigenvalue weighted by molar-refractivity contribution is 0.116. The van der Waals surface area contributed by atoms with Gasteiger partial charge in [-0.2, -0.15) is 0 Å². The van der Waals surface area contributed by atoms with Crippen molar-refractivity contribution >= 4 is 11.0 Å². The average molecular weight is 313 g/mol. The summed E-state index contributed by atoms with van der Waals surface area (Å²) < 4.78 is 0. The van der Waals surface area contributed by atoms with Crippen LogP contribution < -0.4 is 0 Å². The molecule has 2 N–H and O–H groups in total. The van der Waals surface area contributed by atoms with E-state index >= 15 is 0 Å². The van der Waals surface area contributed by atoms with Crippen LogP contribution in [-0.2, 0) is 6.54 Å². The van der Waals surface area contributed by atoms with Gasteiger partial charge < -0.3 is 10.1 Å². The summed E-state index contributed by atoms with van der Waals surface area (Å²) in [7, 11) is 0. The van der Waals surface area contributed by atoms with E-state index < -0.39 is 0 Å². The zero-order chi connectivity index (χ0) is 15.6. The molecule has 0 radical (unpaired) electrons. The maximum absolute atomic E-state index is 9.49. The first-order chi connectivity index (χ1) is 11.3. The Labute approximate surface area is 137 Å². The standard InChI is InChI=1S/C19H27N3O/c23-13-14-5-4-10-22(11-14)12-17-16-8-3-9-20-19(16)21-18(17)15-6-1-2-7-15/h3,8-9,14-15,23H,1-2,4-7,10-13H2,(H,20,21)/t14-/m0/s1. The van der Waals surface area contributed by atoms with Gasteiger partial charge in [0.2, 0.25) is 0 Å². The molecule has 124 valence electrons. The third-order valence-corrected chi connectivity index (χ3v) is 5.72. The highest BCUT2D eigenvalue weighted by Crippen LogP contribution is 2.38. The van der Waals surface area contributed by atoms with E-state index in [1.807, 2.05) is 12.3 Å². The monoisotopic (exact) mass is 313 g/mol. The van der Waals surface area contributed by atoms with Gasteiger partial charge in [0, 0.05) is 37.0 Å². The number of fused-ring (bicyclic) bond motifs is 1. The lowest BCUT2D eigenvalue weighted by atomic mass is 9.96. The van der Waals surface area contributed by atoms with Crippen molar-refractivity contribution in [3.05, 3.63) is 29.6 Å². The Morgan fingerprint density at radius 3 is 2.91 bits per heavy atom. The zero-order valence-corrected chi connectivity index (χ0v) is 13.8. The minimum Gasteiger partial charge on any atom is -0.396 e. The van der Waals surface area contributed by atoms with E-state index in [1.54, 1.807) is 0 Å². The largest absolute Gasteiger partial charge is 0.396 e. The van der Waals surface area contributed by atoms with Crippen molar-refractivity contribution in [2.24, 2.45) is 5.92 Å². The summed E-state index contributed by atoms with van der Waals surface area (Å²) in [6, 6.07) is 4.25. The molecular formula is C19H27N3O. The smallest absolute Gasteiger partial charge is 0.137 e. The van der Waals surface area contributed by atoms with Gasteiger partial charge in [0.15, 0.2) is 0 Å². The summed E-state index contributed by atoms with van der Waals surface area (Å²) >= 11 is 0. The number of aliphatic hydroxyl groups is 1. The van der Waals surface area contributed by atoms with Gasteiger partial charge in [0.05, 0.1) is 0 Å². The third-order valence-electron chi connectivity index (χ3n) is 5.72. The third kappa shape index (κ3) is 3.02. The summed E-state index contributed by atoms with van der Waals surface area (Å²) in [5.74, 6) is 1.12. The molecule has 2 aromatic heterocycles. The van der Waals surface area contributed by atoms with E-state index in [2.05, 4.69) is 20.9 Å². The Kier molecular flexibility index (Phi) is 4.36. The van der Waals surface area contributed by atoms with Crippen molar-refractivity contribution in [2.45, 2.75) is 51.0 Å². The maximum atomic E-state index is 9.49. The Morgan fingerprint density at radius 1 is 1.22 bits per heavy atom. The lowest BCUT2D eigenvalue weighted by Gasteiger charge is -2.32. The summed E-state index contributed by atoms with van der Waals surface area (Å²) in [6.07, 6.45) is 9.55. The van der Waals surface area contributed by atoms with E-state index in [0.29, 0.717) is 18.4 Å². The number of aromatic nitrogens is 2. The average Bonchev–Trinajstić information content (AvgIpc) is 3.23. The molecule has 1 saturated heterocycles. The molecule has 4 rings (SSSR count). The Bertz CT molecular complexity index is 660. The second kappa shape index (κ2) is 6.62. The van der Waals surface area contributed by atoms with Crippen LogP contribution >= 0.6 is 0 Å². The molecule has 2 aromatic rings. The van der Waals surface area contributed by atoms with Crippen LogP contribution in [0, 0.1) is 5.92 Å². The zero-order valence-electron chi connectivity index (χ0n) is 13.8. The quantitative estimate of drug-likeness (QED) is 0.909. The molecule has 0 spiro atoms. The molecule has 3 heterocycles. The van der Waals surface area contributed by atoms with Crippen molar-refractivity contribution in [2.75, 3.05) is 19.7 Å². The number of rotatable bonds is 4. The second-order valence-corrected chi connectivity index (χ2v) is 7.32. The van der Waals surface area contributed by atoms with Crippen molar-refractivity contribution < 1.29 is 5.11 Å². The first kappa shape index (κ1) is 15.2. The molecule has 23 heavy (non-hydrogen) atoms. The second-order valence-electron chi connectivity index (χ2n) is 7.32. The molecule has 0 unspecified atom stereocenters. The number of hydrogen-bond acceptors (Lipinski definition) is 3. The van der Waals surface area contributed by atoms with E-state index in [1.165, 1.54) is 48.7 Å². The first-order valence-electron chi connectivity index (χ1n) is 9.14. The molecule has 2 aliphatic rings. The van der Waals surface area contributed by atoms with Crippen LogP contribution in [0.5, 0.6) is 0 Å². The minimum atomic E-state index is 0.321. The molecule has 0 amide bonds. The van der Waals surface area contributed by atoms with Crippen LogP contribution in [0.25, 0.3) is 11.0 Å². The van der Waals surface area contributed by atoms with Crippen LogP contribution in [0.4, 0.5) is 0 Å². The topological polar surface area (TPSA) is 52.1 Å². The molecule has 0 bridgehead atoms. The lowest BCUT2D eigenvalue weighted by Crippen LogP contribution is -2.36. The number of pyridine rings is 1. The molecule has 1 aliphatic heterocycles. The van der Waals surface area contributed by atoms with Crippen LogP contribution in [0.3, 0.4) is 0 Å². The summed E-state index contributed by atoms with van der Waals surface area (Å²) in [5.41, 5.74) is 3.93. The Hall–Kier alpha value is -1.39. The van der Waals surface area contributed by atoms with Crippen LogP contribution in [0.15, 0.2) is 18.3 Å². The highest BCUT2D eigenvalue weighted by molar-refractivity contribution is 5.81. The van der Waals surface area contributed by atoms with Gasteiger partial charge in [-0.15, -0.1) is 0 Å². The highest BCUT2D eigenvalue weighted by Gasteiger charge is 2.26. The molecule has 2 fully saturated rings. The number of aromatic amines is 1. The van der Waals surface area contributed by atoms with E-state index in [-0.39, 0.29) is 0 Å². The number of aliphatic hydroxyl groups excluding tert-OH is 1. The van der Waals surface area contributed by atoms with E-state index in [9.17, 15) is 5.11 Å². The molecular weight excluding hydrogens is 286 g/mol. The van der Waals surface area contributed by atoms with Crippen LogP contribution in [0.2, 0.25) is 0 Å². The fourth-order valence-electron chi connectivity index (χ4n) is 4.50. The summed E-state index contributed by atoms with van der Waals surface area (Å²) in [5, 5.41) is 10.8. The molecule has 1 saturated carbocycles. The Morgan fingerprint density at radius 2 is 2.09 bits per heavy atom. The van der Waals surface area contributed by atoms with Crippen LogP contribution in [-0.4, -0.2) is 39.7 Å². The first-order valence-corrected chi connectivity index (χ1v) is 9.14. The van der Waals surface area contributed by atoms with Crippen molar-refractivity contribution in [1.82, 2.24) is 14.9 Å². The SMILES string of the molecule is OC[C@H]1CCCN(Cc2c(C3CCCC3)[nH]c3ncccc23)C1. The van der Waals surface area contributed by atoms with Gasteiger partial charge >= 0.3 is 0 Å². The fraction of sp³-hybridized carbons (Fsp3) is 0.632. The number of likely N-dealkylation sites (tertiary alicyclic amines) is 1. The van der Waals surface area contributed by atoms with Gasteiger partial charge in [0.25, 0.3) is 0 Å². The van der Waals surface area contributed by atoms with Gasteiger partial charge in [-0.1, -0.05) is 12.8 Å². The van der Waals surface area contributed by atoms with E-state index in [0.717, 1.165) is 31.7 Å². The molecule has 4 nitrogen and oxygen atoms in total. The number of piperidine rings is 1. The molecule has 4 heteroatoms. The normalized spacial score (nSPS) is 23.8.